The average Bonchev–Trinajstić information content (AvgIpc) is 2.51. The van der Waals surface area contributed by atoms with Crippen molar-refractivity contribution in [1.29, 1.82) is 0 Å². The molecular formula is C15H23N3O3. The van der Waals surface area contributed by atoms with Gasteiger partial charge >= 0.3 is 0 Å². The third kappa shape index (κ3) is 3.51. The maximum atomic E-state index is 12.4. The van der Waals surface area contributed by atoms with Crippen LogP contribution in [-0.4, -0.2) is 64.2 Å². The van der Waals surface area contributed by atoms with Crippen LogP contribution in [0.1, 0.15) is 23.7 Å². The molecule has 1 aliphatic rings. The lowest BCUT2D eigenvalue weighted by molar-refractivity contribution is 0.0472. The van der Waals surface area contributed by atoms with Crippen LogP contribution in [0.2, 0.25) is 0 Å². The van der Waals surface area contributed by atoms with E-state index in [-0.39, 0.29) is 24.1 Å². The molecule has 1 N–H and O–H groups in total. The zero-order chi connectivity index (χ0) is 15.4. The Morgan fingerprint density at radius 1 is 1.29 bits per heavy atom. The van der Waals surface area contributed by atoms with Gasteiger partial charge in [-0.2, -0.15) is 0 Å². The summed E-state index contributed by atoms with van der Waals surface area (Å²) < 4.78 is 1.42. The molecule has 0 aliphatic carbocycles. The molecule has 1 aromatic rings. The molecule has 0 saturated carbocycles. The SMILES string of the molecule is CCC(CO)N1CCN(C(=O)c2ccc(=O)n(C)c2)CC1. The van der Waals surface area contributed by atoms with Gasteiger partial charge in [-0.15, -0.1) is 0 Å². The summed E-state index contributed by atoms with van der Waals surface area (Å²) in [5, 5.41) is 9.33. The Morgan fingerprint density at radius 2 is 1.95 bits per heavy atom. The summed E-state index contributed by atoms with van der Waals surface area (Å²) >= 11 is 0. The summed E-state index contributed by atoms with van der Waals surface area (Å²) in [6, 6.07) is 3.18. The number of hydrogen-bond donors (Lipinski definition) is 1. The van der Waals surface area contributed by atoms with Gasteiger partial charge in [-0.1, -0.05) is 6.92 Å². The predicted octanol–water partition coefficient (Wildman–Crippen LogP) is -0.0860. The molecule has 6 heteroatoms. The normalized spacial score (nSPS) is 17.8. The van der Waals surface area contributed by atoms with E-state index in [1.165, 1.54) is 10.6 Å². The topological polar surface area (TPSA) is 65.8 Å². The Bertz CT molecular complexity index is 543. The summed E-state index contributed by atoms with van der Waals surface area (Å²) in [5.74, 6) is -0.0395. The van der Waals surface area contributed by atoms with Gasteiger partial charge in [0.25, 0.3) is 5.91 Å². The van der Waals surface area contributed by atoms with Gasteiger partial charge in [-0.3, -0.25) is 14.5 Å². The lowest BCUT2D eigenvalue weighted by Gasteiger charge is -2.38. The molecule has 2 rings (SSSR count). The van der Waals surface area contributed by atoms with Gasteiger partial charge in [-0.05, 0) is 12.5 Å². The molecule has 116 valence electrons. The lowest BCUT2D eigenvalue weighted by Crippen LogP contribution is -2.52. The number of aryl methyl sites for hydroxylation is 1. The van der Waals surface area contributed by atoms with E-state index in [1.54, 1.807) is 24.2 Å². The molecular weight excluding hydrogens is 270 g/mol. The summed E-state index contributed by atoms with van der Waals surface area (Å²) in [6.45, 7) is 5.07. The lowest BCUT2D eigenvalue weighted by atomic mass is 10.1. The number of aromatic nitrogens is 1. The highest BCUT2D eigenvalue weighted by atomic mass is 16.3. The van der Waals surface area contributed by atoms with Gasteiger partial charge in [0.05, 0.1) is 12.2 Å². The van der Waals surface area contributed by atoms with Crippen molar-refractivity contribution in [3.63, 3.8) is 0 Å². The summed E-state index contributed by atoms with van der Waals surface area (Å²) in [4.78, 5) is 27.8. The van der Waals surface area contributed by atoms with Gasteiger partial charge in [0.2, 0.25) is 5.56 Å². The van der Waals surface area contributed by atoms with E-state index in [9.17, 15) is 14.7 Å². The van der Waals surface area contributed by atoms with Gasteiger partial charge in [-0.25, -0.2) is 0 Å². The summed E-state index contributed by atoms with van der Waals surface area (Å²) in [7, 11) is 1.64. The Hall–Kier alpha value is -1.66. The fourth-order valence-corrected chi connectivity index (χ4v) is 2.70. The van der Waals surface area contributed by atoms with E-state index in [0.29, 0.717) is 18.7 Å². The number of amides is 1. The van der Waals surface area contributed by atoms with Crippen LogP contribution in [0.4, 0.5) is 0 Å². The van der Waals surface area contributed by atoms with Crippen LogP contribution < -0.4 is 5.56 Å². The minimum atomic E-state index is -0.120. The van der Waals surface area contributed by atoms with E-state index < -0.39 is 0 Å². The second-order valence-corrected chi connectivity index (χ2v) is 5.44. The fourth-order valence-electron chi connectivity index (χ4n) is 2.70. The van der Waals surface area contributed by atoms with Crippen molar-refractivity contribution in [2.45, 2.75) is 19.4 Å². The van der Waals surface area contributed by atoms with Gasteiger partial charge in [0.15, 0.2) is 0 Å². The molecule has 0 bridgehead atoms. The summed E-state index contributed by atoms with van der Waals surface area (Å²) in [5.41, 5.74) is 0.421. The second kappa shape index (κ2) is 6.87. The van der Waals surface area contributed by atoms with Crippen molar-refractivity contribution >= 4 is 5.91 Å². The van der Waals surface area contributed by atoms with E-state index in [2.05, 4.69) is 11.8 Å². The van der Waals surface area contributed by atoms with Crippen molar-refractivity contribution < 1.29 is 9.90 Å². The number of pyridine rings is 1. The standard InChI is InChI=1S/C15H23N3O3/c1-3-13(11-19)17-6-8-18(9-7-17)15(21)12-4-5-14(20)16(2)10-12/h4-5,10,13,19H,3,6-9,11H2,1-2H3. The van der Waals surface area contributed by atoms with E-state index >= 15 is 0 Å². The third-order valence-corrected chi connectivity index (χ3v) is 4.13. The number of aliphatic hydroxyl groups excluding tert-OH is 1. The number of hydrogen-bond acceptors (Lipinski definition) is 4. The highest BCUT2D eigenvalue weighted by Crippen LogP contribution is 2.11. The molecule has 0 aromatic carbocycles. The molecule has 1 aliphatic heterocycles. The Labute approximate surface area is 124 Å². The first-order valence-electron chi connectivity index (χ1n) is 7.37. The first kappa shape index (κ1) is 15.7. The first-order valence-corrected chi connectivity index (χ1v) is 7.37. The van der Waals surface area contributed by atoms with Crippen molar-refractivity contribution in [2.75, 3.05) is 32.8 Å². The minimum absolute atomic E-state index is 0.0395. The van der Waals surface area contributed by atoms with Crippen molar-refractivity contribution in [3.05, 3.63) is 34.2 Å². The fraction of sp³-hybridized carbons (Fsp3) is 0.600. The number of carbonyl (C=O) groups is 1. The summed E-state index contributed by atoms with van der Waals surface area (Å²) in [6.07, 6.45) is 2.49. The Morgan fingerprint density at radius 3 is 2.48 bits per heavy atom. The van der Waals surface area contributed by atoms with Crippen LogP contribution in [-0.2, 0) is 7.05 Å². The molecule has 1 amide bonds. The maximum absolute atomic E-state index is 12.4. The van der Waals surface area contributed by atoms with Crippen LogP contribution in [0.25, 0.3) is 0 Å². The number of aliphatic hydroxyl groups is 1. The van der Waals surface area contributed by atoms with Gasteiger partial charge in [0.1, 0.15) is 0 Å². The average molecular weight is 293 g/mol. The highest BCUT2D eigenvalue weighted by molar-refractivity contribution is 5.94. The monoisotopic (exact) mass is 293 g/mol. The second-order valence-electron chi connectivity index (χ2n) is 5.44. The van der Waals surface area contributed by atoms with Crippen LogP contribution >= 0.6 is 0 Å². The molecule has 0 radical (unpaired) electrons. The number of piperazine rings is 1. The minimum Gasteiger partial charge on any atom is -0.395 e. The molecule has 6 nitrogen and oxygen atoms in total. The van der Waals surface area contributed by atoms with E-state index in [4.69, 9.17) is 0 Å². The third-order valence-electron chi connectivity index (χ3n) is 4.13. The van der Waals surface area contributed by atoms with Crippen LogP contribution in [0, 0.1) is 0 Å². The highest BCUT2D eigenvalue weighted by Gasteiger charge is 2.25. The largest absolute Gasteiger partial charge is 0.395 e. The molecule has 2 heterocycles. The smallest absolute Gasteiger partial charge is 0.255 e. The van der Waals surface area contributed by atoms with Crippen molar-refractivity contribution in [2.24, 2.45) is 7.05 Å². The predicted molar refractivity (Wildman–Crippen MR) is 80.3 cm³/mol. The molecule has 1 unspecified atom stereocenters. The molecule has 21 heavy (non-hydrogen) atoms. The first-order chi connectivity index (χ1) is 10.1. The number of nitrogens with zero attached hydrogens (tertiary/aromatic N) is 3. The van der Waals surface area contributed by atoms with Crippen molar-refractivity contribution in [1.82, 2.24) is 14.4 Å². The zero-order valence-corrected chi connectivity index (χ0v) is 12.7. The van der Waals surface area contributed by atoms with Gasteiger partial charge < -0.3 is 14.6 Å². The van der Waals surface area contributed by atoms with Crippen LogP contribution in [0.15, 0.2) is 23.1 Å². The Kier molecular flexibility index (Phi) is 5.14. The molecule has 1 atom stereocenters. The Balaban J connectivity index is 2.00. The van der Waals surface area contributed by atoms with E-state index in [0.717, 1.165) is 19.5 Å². The number of carbonyl (C=O) groups excluding carboxylic acids is 1. The zero-order valence-electron chi connectivity index (χ0n) is 12.7. The van der Waals surface area contributed by atoms with E-state index in [1.807, 2.05) is 0 Å². The molecule has 0 spiro atoms. The van der Waals surface area contributed by atoms with Crippen molar-refractivity contribution in [3.8, 4) is 0 Å². The molecule has 1 saturated heterocycles. The maximum Gasteiger partial charge on any atom is 0.255 e. The quantitative estimate of drug-likeness (QED) is 0.843. The van der Waals surface area contributed by atoms with Gasteiger partial charge in [0, 0.05) is 51.5 Å². The number of rotatable bonds is 4. The van der Waals surface area contributed by atoms with Crippen LogP contribution in [0.3, 0.4) is 0 Å². The van der Waals surface area contributed by atoms with Crippen LogP contribution in [0.5, 0.6) is 0 Å². The molecule has 1 fully saturated rings. The molecule has 1 aromatic heterocycles.